The SMILES string of the molecule is CC(C)CC(=O)Nc1ccc(NC(=O)c2ccc3c(c2)S(=O)(=O)N(C2CC2)C3=O)cc1. The highest BCUT2D eigenvalue weighted by molar-refractivity contribution is 7.90. The number of amides is 3. The summed E-state index contributed by atoms with van der Waals surface area (Å²) in [7, 11) is -3.92. The van der Waals surface area contributed by atoms with Gasteiger partial charge in [0.1, 0.15) is 4.90 Å². The van der Waals surface area contributed by atoms with Crippen LogP contribution in [0.1, 0.15) is 53.8 Å². The van der Waals surface area contributed by atoms with Gasteiger partial charge in [0.2, 0.25) is 5.91 Å². The second kappa shape index (κ2) is 7.81. The van der Waals surface area contributed by atoms with Crippen molar-refractivity contribution in [2.75, 3.05) is 10.6 Å². The van der Waals surface area contributed by atoms with Crippen LogP contribution in [0.25, 0.3) is 0 Å². The van der Waals surface area contributed by atoms with Crippen LogP contribution in [-0.2, 0) is 14.8 Å². The van der Waals surface area contributed by atoms with Crippen molar-refractivity contribution in [2.45, 2.75) is 44.0 Å². The first-order valence-corrected chi connectivity index (χ1v) is 11.5. The molecule has 2 aromatic carbocycles. The molecule has 0 aromatic heterocycles. The van der Waals surface area contributed by atoms with E-state index >= 15 is 0 Å². The molecular weight excluding hydrogens is 418 g/mol. The molecule has 0 radical (unpaired) electrons. The number of nitrogens with one attached hydrogen (secondary N) is 2. The Kier molecular flexibility index (Phi) is 5.30. The first-order chi connectivity index (χ1) is 14.7. The summed E-state index contributed by atoms with van der Waals surface area (Å²) in [6.07, 6.45) is 1.75. The van der Waals surface area contributed by atoms with Gasteiger partial charge < -0.3 is 10.6 Å². The molecule has 0 atom stereocenters. The van der Waals surface area contributed by atoms with Crippen LogP contribution in [0.15, 0.2) is 47.4 Å². The molecule has 1 aliphatic carbocycles. The zero-order valence-corrected chi connectivity index (χ0v) is 18.0. The zero-order valence-electron chi connectivity index (χ0n) is 17.2. The minimum atomic E-state index is -3.92. The fourth-order valence-electron chi connectivity index (χ4n) is 3.48. The van der Waals surface area contributed by atoms with Gasteiger partial charge in [-0.05, 0) is 61.2 Å². The van der Waals surface area contributed by atoms with E-state index < -0.39 is 21.8 Å². The van der Waals surface area contributed by atoms with Gasteiger partial charge in [-0.25, -0.2) is 12.7 Å². The molecule has 4 rings (SSSR count). The van der Waals surface area contributed by atoms with Crippen LogP contribution in [0, 0.1) is 5.92 Å². The molecule has 8 nitrogen and oxygen atoms in total. The number of sulfonamides is 1. The van der Waals surface area contributed by atoms with Crippen LogP contribution < -0.4 is 10.6 Å². The number of hydrogen-bond donors (Lipinski definition) is 2. The van der Waals surface area contributed by atoms with Crippen LogP contribution in [0.2, 0.25) is 0 Å². The van der Waals surface area contributed by atoms with E-state index in [1.807, 2.05) is 13.8 Å². The predicted molar refractivity (Wildman–Crippen MR) is 115 cm³/mol. The molecule has 2 N–H and O–H groups in total. The van der Waals surface area contributed by atoms with Gasteiger partial charge in [0.05, 0.1) is 5.56 Å². The molecule has 9 heteroatoms. The van der Waals surface area contributed by atoms with Crippen LogP contribution in [-0.4, -0.2) is 36.5 Å². The average molecular weight is 442 g/mol. The Morgan fingerprint density at radius 1 is 1.03 bits per heavy atom. The summed E-state index contributed by atoms with van der Waals surface area (Å²) >= 11 is 0. The van der Waals surface area contributed by atoms with E-state index in [9.17, 15) is 22.8 Å². The summed E-state index contributed by atoms with van der Waals surface area (Å²) in [5.41, 5.74) is 1.35. The van der Waals surface area contributed by atoms with Crippen LogP contribution >= 0.6 is 0 Å². The Morgan fingerprint density at radius 2 is 1.65 bits per heavy atom. The Hall–Kier alpha value is -3.20. The molecule has 1 heterocycles. The van der Waals surface area contributed by atoms with E-state index in [2.05, 4.69) is 10.6 Å². The number of carbonyl (C=O) groups excluding carboxylic acids is 3. The minimum absolute atomic E-state index is 0.0825. The van der Waals surface area contributed by atoms with Crippen molar-refractivity contribution in [3.63, 3.8) is 0 Å². The largest absolute Gasteiger partial charge is 0.326 e. The van der Waals surface area contributed by atoms with Gasteiger partial charge in [-0.1, -0.05) is 13.8 Å². The summed E-state index contributed by atoms with van der Waals surface area (Å²) in [6.45, 7) is 3.92. The molecule has 0 bridgehead atoms. The molecule has 31 heavy (non-hydrogen) atoms. The maximum atomic E-state index is 12.7. The zero-order chi connectivity index (χ0) is 22.3. The molecule has 0 saturated heterocycles. The minimum Gasteiger partial charge on any atom is -0.326 e. The number of nitrogens with zero attached hydrogens (tertiary/aromatic N) is 1. The molecule has 162 valence electrons. The van der Waals surface area contributed by atoms with Crippen molar-refractivity contribution in [1.29, 1.82) is 0 Å². The highest BCUT2D eigenvalue weighted by atomic mass is 32.2. The van der Waals surface area contributed by atoms with Gasteiger partial charge >= 0.3 is 0 Å². The fourth-order valence-corrected chi connectivity index (χ4v) is 5.32. The van der Waals surface area contributed by atoms with Crippen LogP contribution in [0.3, 0.4) is 0 Å². The van der Waals surface area contributed by atoms with E-state index in [-0.39, 0.29) is 33.9 Å². The van der Waals surface area contributed by atoms with Crippen LogP contribution in [0.4, 0.5) is 11.4 Å². The Balaban J connectivity index is 1.47. The van der Waals surface area contributed by atoms with E-state index in [4.69, 9.17) is 0 Å². The number of fused-ring (bicyclic) bond motifs is 1. The summed E-state index contributed by atoms with van der Waals surface area (Å²) in [4.78, 5) is 36.8. The second-order valence-electron chi connectivity index (χ2n) is 8.23. The maximum Gasteiger partial charge on any atom is 0.269 e. The average Bonchev–Trinajstić information content (AvgIpc) is 3.50. The smallest absolute Gasteiger partial charge is 0.269 e. The van der Waals surface area contributed by atoms with Crippen molar-refractivity contribution in [1.82, 2.24) is 4.31 Å². The summed E-state index contributed by atoms with van der Waals surface area (Å²) in [5.74, 6) is -0.853. The highest BCUT2D eigenvalue weighted by Gasteiger charge is 2.48. The number of hydrogen-bond acceptors (Lipinski definition) is 5. The van der Waals surface area contributed by atoms with Gasteiger partial charge in [-0.2, -0.15) is 0 Å². The highest BCUT2D eigenvalue weighted by Crippen LogP contribution is 2.39. The van der Waals surface area contributed by atoms with E-state index in [0.29, 0.717) is 30.6 Å². The molecule has 2 aromatic rings. The number of rotatable bonds is 6. The standard InChI is InChI=1S/C22H23N3O5S/c1-13(2)11-20(26)23-15-4-6-16(7-5-15)24-21(27)14-3-10-18-19(12-14)31(29,30)25(22(18)28)17-8-9-17/h3-7,10,12-13,17H,8-9,11H2,1-2H3,(H,23,26)(H,24,27). The van der Waals surface area contributed by atoms with Crippen molar-refractivity contribution < 1.29 is 22.8 Å². The third-order valence-electron chi connectivity index (χ3n) is 5.11. The Morgan fingerprint density at radius 3 is 2.23 bits per heavy atom. The van der Waals surface area contributed by atoms with Gasteiger partial charge in [0, 0.05) is 29.4 Å². The lowest BCUT2D eigenvalue weighted by Crippen LogP contribution is -2.31. The topological polar surface area (TPSA) is 113 Å². The van der Waals surface area contributed by atoms with Crippen molar-refractivity contribution in [2.24, 2.45) is 5.92 Å². The monoisotopic (exact) mass is 441 g/mol. The summed E-state index contributed by atoms with van der Waals surface area (Å²) in [5, 5.41) is 5.49. The summed E-state index contributed by atoms with van der Waals surface area (Å²) < 4.78 is 26.4. The molecular formula is C22H23N3O5S. The normalized spacial score (nSPS) is 16.9. The van der Waals surface area contributed by atoms with Gasteiger partial charge in [0.15, 0.2) is 0 Å². The second-order valence-corrected chi connectivity index (χ2v) is 10.0. The summed E-state index contributed by atoms with van der Waals surface area (Å²) in [6, 6.07) is 10.4. The van der Waals surface area contributed by atoms with E-state index in [0.717, 1.165) is 4.31 Å². The molecule has 0 unspecified atom stereocenters. The van der Waals surface area contributed by atoms with Crippen molar-refractivity contribution in [3.05, 3.63) is 53.6 Å². The van der Waals surface area contributed by atoms with Crippen molar-refractivity contribution in [3.8, 4) is 0 Å². The quantitative estimate of drug-likeness (QED) is 0.715. The molecule has 2 aliphatic rings. The molecule has 1 saturated carbocycles. The molecule has 3 amide bonds. The van der Waals surface area contributed by atoms with E-state index in [1.165, 1.54) is 18.2 Å². The molecule has 0 spiro atoms. The Bertz CT molecular complexity index is 1170. The Labute approximate surface area is 180 Å². The van der Waals surface area contributed by atoms with Crippen molar-refractivity contribution >= 4 is 39.1 Å². The molecule has 1 fully saturated rings. The first-order valence-electron chi connectivity index (χ1n) is 10.1. The number of anilines is 2. The predicted octanol–water partition coefficient (Wildman–Crippen LogP) is 3.23. The first kappa shape index (κ1) is 21.0. The van der Waals surface area contributed by atoms with Gasteiger partial charge in [0.25, 0.3) is 21.8 Å². The number of carbonyl (C=O) groups is 3. The lowest BCUT2D eigenvalue weighted by molar-refractivity contribution is -0.116. The lowest BCUT2D eigenvalue weighted by atomic mass is 10.1. The maximum absolute atomic E-state index is 12.7. The van der Waals surface area contributed by atoms with Crippen LogP contribution in [0.5, 0.6) is 0 Å². The fraction of sp³-hybridized carbons (Fsp3) is 0.318. The lowest BCUT2D eigenvalue weighted by Gasteiger charge is -2.13. The molecule has 1 aliphatic heterocycles. The third-order valence-corrected chi connectivity index (χ3v) is 6.99. The third kappa shape index (κ3) is 4.18. The van der Waals surface area contributed by atoms with E-state index in [1.54, 1.807) is 24.3 Å². The van der Waals surface area contributed by atoms with Gasteiger partial charge in [-0.3, -0.25) is 14.4 Å². The number of benzene rings is 2. The van der Waals surface area contributed by atoms with Gasteiger partial charge in [-0.15, -0.1) is 0 Å².